The summed E-state index contributed by atoms with van der Waals surface area (Å²) in [6, 6.07) is 7.49. The van der Waals surface area contributed by atoms with Gasteiger partial charge in [-0.15, -0.1) is 0 Å². The van der Waals surface area contributed by atoms with E-state index < -0.39 is 9.84 Å². The van der Waals surface area contributed by atoms with Crippen molar-refractivity contribution in [1.29, 1.82) is 0 Å². The van der Waals surface area contributed by atoms with E-state index in [2.05, 4.69) is 10.5 Å². The maximum Gasteiger partial charge on any atom is 0.156 e. The summed E-state index contributed by atoms with van der Waals surface area (Å²) >= 11 is 0. The number of hydrogen-bond donors (Lipinski definition) is 1. The molecule has 0 aliphatic rings. The van der Waals surface area contributed by atoms with Gasteiger partial charge in [0.05, 0.1) is 16.7 Å². The number of sulfone groups is 1. The van der Waals surface area contributed by atoms with Crippen LogP contribution < -0.4 is 5.32 Å². The summed E-state index contributed by atoms with van der Waals surface area (Å²) in [7, 11) is -3.09. The van der Waals surface area contributed by atoms with Gasteiger partial charge in [-0.1, -0.05) is 17.3 Å². The van der Waals surface area contributed by atoms with Gasteiger partial charge in [-0.25, -0.2) is 8.42 Å². The van der Waals surface area contributed by atoms with Crippen molar-refractivity contribution >= 4 is 15.5 Å². The van der Waals surface area contributed by atoms with E-state index >= 15 is 0 Å². The van der Waals surface area contributed by atoms with Crippen molar-refractivity contribution in [3.05, 3.63) is 46.8 Å². The summed E-state index contributed by atoms with van der Waals surface area (Å²) in [6.45, 7) is 7.78. The lowest BCUT2D eigenvalue weighted by atomic mass is 10.2. The molecule has 5 nitrogen and oxygen atoms in total. The van der Waals surface area contributed by atoms with Crippen LogP contribution in [0, 0.1) is 13.8 Å². The van der Waals surface area contributed by atoms with Gasteiger partial charge < -0.3 is 9.84 Å². The average Bonchev–Trinajstić information content (AvgIpc) is 2.75. The van der Waals surface area contributed by atoms with Crippen LogP contribution in [-0.2, 0) is 22.1 Å². The van der Waals surface area contributed by atoms with Gasteiger partial charge in [0.2, 0.25) is 0 Å². The van der Waals surface area contributed by atoms with Crippen molar-refractivity contribution in [2.75, 3.05) is 5.32 Å². The zero-order chi connectivity index (χ0) is 16.3. The van der Waals surface area contributed by atoms with E-state index in [1.54, 1.807) is 13.8 Å². The predicted molar refractivity (Wildman–Crippen MR) is 87.5 cm³/mol. The molecule has 1 heterocycles. The molecule has 0 aliphatic heterocycles. The van der Waals surface area contributed by atoms with E-state index in [0.717, 1.165) is 28.3 Å². The van der Waals surface area contributed by atoms with Crippen LogP contribution in [0.5, 0.6) is 0 Å². The Labute approximate surface area is 131 Å². The van der Waals surface area contributed by atoms with E-state index in [1.807, 2.05) is 38.1 Å². The maximum absolute atomic E-state index is 12.0. The van der Waals surface area contributed by atoms with E-state index in [4.69, 9.17) is 4.52 Å². The van der Waals surface area contributed by atoms with E-state index in [0.29, 0.717) is 6.54 Å². The smallest absolute Gasteiger partial charge is 0.156 e. The molecule has 0 amide bonds. The molecule has 0 atom stereocenters. The standard InChI is InChI=1S/C16H22N2O3S/c1-11(2)22(19,20)10-14-6-5-7-15(8-14)17-9-16-12(3)18-21-13(16)4/h5-8,11,17H,9-10H2,1-4H3. The zero-order valence-electron chi connectivity index (χ0n) is 13.4. The van der Waals surface area contributed by atoms with Gasteiger partial charge in [0.25, 0.3) is 0 Å². The Morgan fingerprint density at radius 1 is 1.27 bits per heavy atom. The molecule has 0 radical (unpaired) electrons. The molecule has 1 aromatic carbocycles. The lowest BCUT2D eigenvalue weighted by Crippen LogP contribution is -2.16. The number of hydrogen-bond acceptors (Lipinski definition) is 5. The summed E-state index contributed by atoms with van der Waals surface area (Å²) in [5, 5.41) is 6.84. The van der Waals surface area contributed by atoms with Gasteiger partial charge in [-0.3, -0.25) is 0 Å². The molecular formula is C16H22N2O3S. The highest BCUT2D eigenvalue weighted by Gasteiger charge is 2.17. The van der Waals surface area contributed by atoms with Gasteiger partial charge in [0, 0.05) is 17.8 Å². The SMILES string of the molecule is Cc1noc(C)c1CNc1cccc(CS(=O)(=O)C(C)C)c1. The molecule has 0 saturated carbocycles. The number of nitrogens with one attached hydrogen (secondary N) is 1. The Hall–Kier alpha value is -1.82. The monoisotopic (exact) mass is 322 g/mol. The third kappa shape index (κ3) is 3.88. The topological polar surface area (TPSA) is 72.2 Å². The highest BCUT2D eigenvalue weighted by Crippen LogP contribution is 2.18. The zero-order valence-corrected chi connectivity index (χ0v) is 14.2. The molecule has 2 rings (SSSR count). The first-order valence-electron chi connectivity index (χ1n) is 7.25. The Morgan fingerprint density at radius 2 is 2.00 bits per heavy atom. The van der Waals surface area contributed by atoms with Crippen molar-refractivity contribution in [1.82, 2.24) is 5.16 Å². The summed E-state index contributed by atoms with van der Waals surface area (Å²) in [5.41, 5.74) is 3.57. The number of benzene rings is 1. The number of aryl methyl sites for hydroxylation is 2. The van der Waals surface area contributed by atoms with E-state index in [9.17, 15) is 8.42 Å². The van der Waals surface area contributed by atoms with Crippen molar-refractivity contribution in [2.45, 2.75) is 45.2 Å². The summed E-state index contributed by atoms with van der Waals surface area (Å²) in [5.74, 6) is 0.856. The molecule has 2 aromatic rings. The average molecular weight is 322 g/mol. The van der Waals surface area contributed by atoms with Crippen molar-refractivity contribution in [3.63, 3.8) is 0 Å². The summed E-state index contributed by atoms with van der Waals surface area (Å²) in [6.07, 6.45) is 0. The predicted octanol–water partition coefficient (Wildman–Crippen LogP) is 3.23. The molecule has 0 fully saturated rings. The van der Waals surface area contributed by atoms with Crippen LogP contribution in [0.4, 0.5) is 5.69 Å². The van der Waals surface area contributed by atoms with Crippen LogP contribution in [0.2, 0.25) is 0 Å². The van der Waals surface area contributed by atoms with Crippen LogP contribution in [0.25, 0.3) is 0 Å². The second-order valence-corrected chi connectivity index (χ2v) is 8.27. The lowest BCUT2D eigenvalue weighted by molar-refractivity contribution is 0.392. The quantitative estimate of drug-likeness (QED) is 0.884. The first kappa shape index (κ1) is 16.5. The Kier molecular flexibility index (Phi) is 4.90. The molecule has 1 aromatic heterocycles. The second-order valence-electron chi connectivity index (χ2n) is 5.71. The number of anilines is 1. The molecule has 1 N–H and O–H groups in total. The molecule has 0 aliphatic carbocycles. The number of rotatable bonds is 6. The molecule has 0 saturated heterocycles. The lowest BCUT2D eigenvalue weighted by Gasteiger charge is -2.10. The Balaban J connectivity index is 2.09. The van der Waals surface area contributed by atoms with Crippen LogP contribution in [0.1, 0.15) is 36.4 Å². The fourth-order valence-corrected chi connectivity index (χ4v) is 3.09. The van der Waals surface area contributed by atoms with Gasteiger partial charge in [-0.05, 0) is 45.4 Å². The van der Waals surface area contributed by atoms with Gasteiger partial charge in [0.1, 0.15) is 5.76 Å². The molecule has 120 valence electrons. The van der Waals surface area contributed by atoms with E-state index in [1.165, 1.54) is 0 Å². The van der Waals surface area contributed by atoms with E-state index in [-0.39, 0.29) is 11.0 Å². The van der Waals surface area contributed by atoms with Crippen LogP contribution in [-0.4, -0.2) is 18.8 Å². The van der Waals surface area contributed by atoms with Crippen molar-refractivity contribution in [2.24, 2.45) is 0 Å². The largest absolute Gasteiger partial charge is 0.381 e. The summed E-state index contributed by atoms with van der Waals surface area (Å²) in [4.78, 5) is 0. The minimum absolute atomic E-state index is 0.0610. The highest BCUT2D eigenvalue weighted by molar-refractivity contribution is 7.91. The minimum atomic E-state index is -3.09. The summed E-state index contributed by atoms with van der Waals surface area (Å²) < 4.78 is 29.1. The molecule has 0 unspecified atom stereocenters. The van der Waals surface area contributed by atoms with Crippen LogP contribution >= 0.6 is 0 Å². The second kappa shape index (κ2) is 6.52. The first-order valence-corrected chi connectivity index (χ1v) is 8.97. The van der Waals surface area contributed by atoms with Crippen molar-refractivity contribution in [3.8, 4) is 0 Å². The maximum atomic E-state index is 12.0. The third-order valence-electron chi connectivity index (χ3n) is 3.66. The van der Waals surface area contributed by atoms with Crippen LogP contribution in [0.3, 0.4) is 0 Å². The fraction of sp³-hybridized carbons (Fsp3) is 0.438. The van der Waals surface area contributed by atoms with Gasteiger partial charge in [0.15, 0.2) is 9.84 Å². The number of nitrogens with zero attached hydrogens (tertiary/aromatic N) is 1. The van der Waals surface area contributed by atoms with Gasteiger partial charge in [-0.2, -0.15) is 0 Å². The fourth-order valence-electron chi connectivity index (χ4n) is 2.11. The highest BCUT2D eigenvalue weighted by atomic mass is 32.2. The molecular weight excluding hydrogens is 300 g/mol. The molecule has 6 heteroatoms. The Morgan fingerprint density at radius 3 is 2.59 bits per heavy atom. The third-order valence-corrected chi connectivity index (χ3v) is 5.84. The Bertz CT molecular complexity index is 729. The first-order chi connectivity index (χ1) is 10.3. The molecule has 22 heavy (non-hydrogen) atoms. The number of aromatic nitrogens is 1. The molecule has 0 spiro atoms. The van der Waals surface area contributed by atoms with Gasteiger partial charge >= 0.3 is 0 Å². The van der Waals surface area contributed by atoms with Crippen LogP contribution in [0.15, 0.2) is 28.8 Å². The molecule has 0 bridgehead atoms. The van der Waals surface area contributed by atoms with Crippen molar-refractivity contribution < 1.29 is 12.9 Å². The normalized spacial score (nSPS) is 11.9. The minimum Gasteiger partial charge on any atom is -0.381 e.